The highest BCUT2D eigenvalue weighted by Crippen LogP contribution is 2.13. The van der Waals surface area contributed by atoms with Crippen molar-refractivity contribution < 1.29 is 4.39 Å². The van der Waals surface area contributed by atoms with Gasteiger partial charge in [-0.1, -0.05) is 12.1 Å². The van der Waals surface area contributed by atoms with Crippen molar-refractivity contribution >= 4 is 0 Å². The number of nitriles is 1. The van der Waals surface area contributed by atoms with Crippen molar-refractivity contribution in [3.63, 3.8) is 0 Å². The Morgan fingerprint density at radius 1 is 1.24 bits per heavy atom. The molecule has 0 atom stereocenters. The van der Waals surface area contributed by atoms with Gasteiger partial charge in [0.1, 0.15) is 11.9 Å². The minimum absolute atomic E-state index is 0.0311. The van der Waals surface area contributed by atoms with Crippen LogP contribution in [0.25, 0.3) is 0 Å². The summed E-state index contributed by atoms with van der Waals surface area (Å²) >= 11 is 0. The lowest BCUT2D eigenvalue weighted by Crippen LogP contribution is -2.06. The SMILES string of the molecule is N#Cc1cccc(Cn2ccc(=O)cc2)c1F. The molecule has 2 aromatic rings. The third-order valence-corrected chi connectivity index (χ3v) is 2.41. The molecule has 0 unspecified atom stereocenters. The van der Waals surface area contributed by atoms with Crippen LogP contribution in [0.3, 0.4) is 0 Å². The number of aromatic nitrogens is 1. The highest BCUT2D eigenvalue weighted by molar-refractivity contribution is 5.35. The molecule has 2 rings (SSSR count). The first-order chi connectivity index (χ1) is 8.20. The molecule has 0 saturated heterocycles. The predicted molar refractivity (Wildman–Crippen MR) is 60.9 cm³/mol. The van der Waals surface area contributed by atoms with Crippen molar-refractivity contribution in [3.05, 3.63) is 69.9 Å². The zero-order valence-electron chi connectivity index (χ0n) is 8.93. The van der Waals surface area contributed by atoms with Crippen molar-refractivity contribution in [1.29, 1.82) is 5.26 Å². The molecular formula is C13H9FN2O. The van der Waals surface area contributed by atoms with Gasteiger partial charge in [0.25, 0.3) is 0 Å². The van der Waals surface area contributed by atoms with Crippen molar-refractivity contribution in [2.45, 2.75) is 6.54 Å². The summed E-state index contributed by atoms with van der Waals surface area (Å²) in [7, 11) is 0. The largest absolute Gasteiger partial charge is 0.350 e. The van der Waals surface area contributed by atoms with E-state index in [9.17, 15) is 9.18 Å². The van der Waals surface area contributed by atoms with Crippen molar-refractivity contribution in [1.82, 2.24) is 4.57 Å². The predicted octanol–water partition coefficient (Wildman–Crippen LogP) is 1.91. The van der Waals surface area contributed by atoms with E-state index >= 15 is 0 Å². The lowest BCUT2D eigenvalue weighted by atomic mass is 10.1. The minimum atomic E-state index is -0.506. The van der Waals surface area contributed by atoms with Crippen LogP contribution in [-0.2, 0) is 6.54 Å². The molecule has 1 aromatic carbocycles. The molecule has 17 heavy (non-hydrogen) atoms. The molecule has 4 heteroatoms. The fourth-order valence-corrected chi connectivity index (χ4v) is 1.53. The summed E-state index contributed by atoms with van der Waals surface area (Å²) in [6.07, 6.45) is 3.17. The fourth-order valence-electron chi connectivity index (χ4n) is 1.53. The standard InChI is InChI=1S/C13H9FN2O/c14-13-10(8-15)2-1-3-11(13)9-16-6-4-12(17)5-7-16/h1-7H,9H2. The molecule has 0 bridgehead atoms. The third kappa shape index (κ3) is 2.40. The van der Waals surface area contributed by atoms with Gasteiger partial charge in [0.05, 0.1) is 5.56 Å². The lowest BCUT2D eigenvalue weighted by molar-refractivity contribution is 0.595. The average molecular weight is 228 g/mol. The number of rotatable bonds is 2. The monoisotopic (exact) mass is 228 g/mol. The number of hydrogen-bond acceptors (Lipinski definition) is 2. The van der Waals surface area contributed by atoms with E-state index < -0.39 is 5.82 Å². The van der Waals surface area contributed by atoms with Crippen LogP contribution in [0.15, 0.2) is 47.5 Å². The van der Waals surface area contributed by atoms with Gasteiger partial charge in [-0.25, -0.2) is 4.39 Å². The summed E-state index contributed by atoms with van der Waals surface area (Å²) in [5, 5.41) is 8.71. The van der Waals surface area contributed by atoms with Gasteiger partial charge in [0.2, 0.25) is 0 Å². The molecule has 0 radical (unpaired) electrons. The van der Waals surface area contributed by atoms with Crippen molar-refractivity contribution in [2.24, 2.45) is 0 Å². The second-order valence-corrected chi connectivity index (χ2v) is 3.60. The summed E-state index contributed by atoms with van der Waals surface area (Å²) in [4.78, 5) is 10.9. The molecule has 84 valence electrons. The Balaban J connectivity index is 2.34. The van der Waals surface area contributed by atoms with Gasteiger partial charge >= 0.3 is 0 Å². The first-order valence-electron chi connectivity index (χ1n) is 5.04. The summed E-state index contributed by atoms with van der Waals surface area (Å²) in [5.41, 5.74) is 0.365. The van der Waals surface area contributed by atoms with Crippen LogP contribution < -0.4 is 5.43 Å². The molecule has 0 amide bonds. The Bertz CT molecular complexity index is 620. The first kappa shape index (κ1) is 11.1. The molecular weight excluding hydrogens is 219 g/mol. The lowest BCUT2D eigenvalue weighted by Gasteiger charge is -2.07. The maximum Gasteiger partial charge on any atom is 0.181 e. The van der Waals surface area contributed by atoms with E-state index in [1.54, 1.807) is 35.2 Å². The maximum absolute atomic E-state index is 13.7. The Morgan fingerprint density at radius 3 is 2.59 bits per heavy atom. The zero-order valence-corrected chi connectivity index (χ0v) is 8.93. The van der Waals surface area contributed by atoms with Gasteiger partial charge in [0, 0.05) is 36.6 Å². The van der Waals surface area contributed by atoms with Gasteiger partial charge < -0.3 is 4.57 Å². The van der Waals surface area contributed by atoms with E-state index in [0.29, 0.717) is 12.1 Å². The minimum Gasteiger partial charge on any atom is -0.350 e. The van der Waals surface area contributed by atoms with Crippen molar-refractivity contribution in [2.75, 3.05) is 0 Å². The Labute approximate surface area is 97.4 Å². The molecule has 0 fully saturated rings. The quantitative estimate of drug-likeness (QED) is 0.788. The Morgan fingerprint density at radius 2 is 1.94 bits per heavy atom. The van der Waals surface area contributed by atoms with E-state index in [1.165, 1.54) is 18.2 Å². The maximum atomic E-state index is 13.7. The van der Waals surface area contributed by atoms with E-state index in [0.717, 1.165) is 0 Å². The van der Waals surface area contributed by atoms with Crippen LogP contribution >= 0.6 is 0 Å². The molecule has 0 aliphatic rings. The molecule has 0 saturated carbocycles. The van der Waals surface area contributed by atoms with Gasteiger partial charge in [-0.3, -0.25) is 4.79 Å². The smallest absolute Gasteiger partial charge is 0.181 e. The number of benzene rings is 1. The molecule has 1 heterocycles. The van der Waals surface area contributed by atoms with Crippen LogP contribution in [0.5, 0.6) is 0 Å². The topological polar surface area (TPSA) is 45.8 Å². The Hall–Kier alpha value is -2.41. The van der Waals surface area contributed by atoms with E-state index in [4.69, 9.17) is 5.26 Å². The number of pyridine rings is 1. The summed E-state index contributed by atoms with van der Waals surface area (Å²) < 4.78 is 15.4. The van der Waals surface area contributed by atoms with Gasteiger partial charge in [-0.2, -0.15) is 5.26 Å². The third-order valence-electron chi connectivity index (χ3n) is 2.41. The van der Waals surface area contributed by atoms with Crippen LogP contribution in [0.2, 0.25) is 0 Å². The van der Waals surface area contributed by atoms with E-state index in [-0.39, 0.29) is 11.0 Å². The van der Waals surface area contributed by atoms with Crippen LogP contribution in [0, 0.1) is 17.1 Å². The number of nitrogens with zero attached hydrogens (tertiary/aromatic N) is 2. The molecule has 0 spiro atoms. The fraction of sp³-hybridized carbons (Fsp3) is 0.0769. The van der Waals surface area contributed by atoms with Gasteiger partial charge in [-0.15, -0.1) is 0 Å². The molecule has 0 N–H and O–H groups in total. The first-order valence-corrected chi connectivity index (χ1v) is 5.04. The van der Waals surface area contributed by atoms with Crippen molar-refractivity contribution in [3.8, 4) is 6.07 Å². The zero-order chi connectivity index (χ0) is 12.3. The van der Waals surface area contributed by atoms with Crippen LogP contribution in [0.4, 0.5) is 4.39 Å². The van der Waals surface area contributed by atoms with Gasteiger partial charge in [0.15, 0.2) is 5.43 Å². The van der Waals surface area contributed by atoms with E-state index in [1.807, 2.05) is 0 Å². The summed E-state index contributed by atoms with van der Waals surface area (Å²) in [6, 6.07) is 9.31. The number of hydrogen-bond donors (Lipinski definition) is 0. The number of halogens is 1. The highest BCUT2D eigenvalue weighted by atomic mass is 19.1. The summed E-state index contributed by atoms with van der Waals surface area (Å²) in [6.45, 7) is 0.293. The summed E-state index contributed by atoms with van der Waals surface area (Å²) in [5.74, 6) is -0.506. The van der Waals surface area contributed by atoms with Crippen LogP contribution in [0.1, 0.15) is 11.1 Å². The molecule has 0 aliphatic heterocycles. The normalized spacial score (nSPS) is 9.88. The van der Waals surface area contributed by atoms with Gasteiger partial charge in [-0.05, 0) is 6.07 Å². The molecule has 0 aliphatic carbocycles. The second kappa shape index (κ2) is 4.62. The average Bonchev–Trinajstić information content (AvgIpc) is 2.35. The second-order valence-electron chi connectivity index (χ2n) is 3.60. The molecule has 1 aromatic heterocycles. The van der Waals surface area contributed by atoms with E-state index in [2.05, 4.69) is 0 Å². The highest BCUT2D eigenvalue weighted by Gasteiger charge is 2.07. The Kier molecular flexibility index (Phi) is 3.01. The van der Waals surface area contributed by atoms with Crippen LogP contribution in [-0.4, -0.2) is 4.57 Å². The molecule has 3 nitrogen and oxygen atoms in total.